The Balaban J connectivity index is 3.67. The minimum Gasteiger partial charge on any atom is -0.461 e. The summed E-state index contributed by atoms with van der Waals surface area (Å²) in [6.45, 7) is 9.62. The van der Waals surface area contributed by atoms with Crippen LogP contribution in [0.15, 0.2) is 24.6 Å². The van der Waals surface area contributed by atoms with E-state index in [1.54, 1.807) is 0 Å². The van der Waals surface area contributed by atoms with Gasteiger partial charge in [0.05, 0.1) is 13.2 Å². The van der Waals surface area contributed by atoms with Crippen molar-refractivity contribution in [2.24, 2.45) is 0 Å². The number of rotatable bonds is 10. The van der Waals surface area contributed by atoms with Gasteiger partial charge in [0.25, 0.3) is 0 Å². The van der Waals surface area contributed by atoms with Gasteiger partial charge in [-0.2, -0.15) is 0 Å². The van der Waals surface area contributed by atoms with E-state index in [1.165, 1.54) is 13.8 Å². The maximum absolute atomic E-state index is 11.4. The van der Waals surface area contributed by atoms with Gasteiger partial charge in [-0.05, 0) is 19.3 Å². The normalized spacial score (nSPS) is 9.48. The molecule has 0 aromatic rings. The Morgan fingerprint density at radius 3 is 1.39 bits per heavy atom. The van der Waals surface area contributed by atoms with Gasteiger partial charge in [-0.3, -0.25) is 9.59 Å². The van der Waals surface area contributed by atoms with Crippen molar-refractivity contribution in [2.45, 2.75) is 33.1 Å². The molecule has 0 aliphatic carbocycles. The summed E-state index contributed by atoms with van der Waals surface area (Å²) in [5.41, 5.74) is -0.217. The summed E-state index contributed by atoms with van der Waals surface area (Å²) >= 11 is 0. The zero-order valence-electron chi connectivity index (χ0n) is 13.4. The van der Waals surface area contributed by atoms with Gasteiger partial charge in [0.15, 0.2) is 0 Å². The third-order valence-corrected chi connectivity index (χ3v) is 2.40. The second kappa shape index (κ2) is 11.0. The summed E-state index contributed by atoms with van der Waals surface area (Å²) in [4.78, 5) is 44.2. The number of nitrogens with one attached hydrogen (secondary N) is 2. The molecule has 0 aromatic carbocycles. The quantitative estimate of drug-likeness (QED) is 0.344. The lowest BCUT2D eigenvalue weighted by Crippen LogP contribution is -2.25. The van der Waals surface area contributed by atoms with Gasteiger partial charge in [-0.25, -0.2) is 9.59 Å². The number of ether oxygens (including phenoxy) is 2. The first-order valence-electron chi connectivity index (χ1n) is 7.01. The first-order chi connectivity index (χ1) is 10.7. The van der Waals surface area contributed by atoms with Crippen LogP contribution in [0.2, 0.25) is 0 Å². The lowest BCUT2D eigenvalue weighted by Gasteiger charge is -2.08. The number of hydrogen-bond acceptors (Lipinski definition) is 6. The second-order valence-electron chi connectivity index (χ2n) is 4.65. The van der Waals surface area contributed by atoms with Crippen molar-refractivity contribution in [1.29, 1.82) is 0 Å². The van der Waals surface area contributed by atoms with E-state index >= 15 is 0 Å². The molecule has 23 heavy (non-hydrogen) atoms. The first-order valence-corrected chi connectivity index (χ1v) is 7.01. The largest absolute Gasteiger partial charge is 0.461 e. The minimum atomic E-state index is -0.682. The maximum atomic E-state index is 11.4. The van der Waals surface area contributed by atoms with Crippen molar-refractivity contribution < 1.29 is 28.7 Å². The third kappa shape index (κ3) is 10.7. The van der Waals surface area contributed by atoms with Gasteiger partial charge in [0, 0.05) is 13.8 Å². The summed E-state index contributed by atoms with van der Waals surface area (Å²) in [6, 6.07) is 0. The van der Waals surface area contributed by atoms with E-state index in [0.717, 1.165) is 0 Å². The zero-order valence-corrected chi connectivity index (χ0v) is 13.4. The van der Waals surface area contributed by atoms with Crippen LogP contribution in [0.1, 0.15) is 33.1 Å². The van der Waals surface area contributed by atoms with Gasteiger partial charge in [-0.1, -0.05) is 13.2 Å². The Kier molecular flexibility index (Phi) is 9.74. The van der Waals surface area contributed by atoms with E-state index in [1.807, 2.05) is 0 Å². The average Bonchev–Trinajstić information content (AvgIpc) is 2.44. The molecule has 0 fully saturated rings. The molecule has 8 nitrogen and oxygen atoms in total. The summed E-state index contributed by atoms with van der Waals surface area (Å²) in [5.74, 6) is -2.15. The number of amides is 2. The molecule has 2 N–H and O–H groups in total. The molecule has 2 amide bonds. The topological polar surface area (TPSA) is 111 Å². The number of carbonyl (C=O) groups excluding carboxylic acids is 4. The standard InChI is InChI=1S/C15H22N2O6/c1-10(16-12(3)18)14(20)22-8-6-5-7-9-23-15(21)11(2)17-13(4)19/h1-2,5-9H2,3-4H3,(H,16,18)(H,17,19). The highest BCUT2D eigenvalue weighted by atomic mass is 16.5. The van der Waals surface area contributed by atoms with Crippen LogP contribution in [-0.4, -0.2) is 37.0 Å². The monoisotopic (exact) mass is 326 g/mol. The van der Waals surface area contributed by atoms with E-state index in [-0.39, 0.29) is 24.6 Å². The molecule has 0 aliphatic rings. The number of hydrogen-bond donors (Lipinski definition) is 2. The fourth-order valence-electron chi connectivity index (χ4n) is 1.41. The molecule has 0 radical (unpaired) electrons. The molecule has 0 bridgehead atoms. The highest BCUT2D eigenvalue weighted by molar-refractivity contribution is 5.93. The van der Waals surface area contributed by atoms with Crippen molar-refractivity contribution in [3.63, 3.8) is 0 Å². The Morgan fingerprint density at radius 1 is 0.739 bits per heavy atom. The van der Waals surface area contributed by atoms with Gasteiger partial charge in [0.1, 0.15) is 11.4 Å². The first kappa shape index (κ1) is 20.4. The highest BCUT2D eigenvalue weighted by Crippen LogP contribution is 2.00. The lowest BCUT2D eigenvalue weighted by atomic mass is 10.2. The predicted octanol–water partition coefficient (Wildman–Crippen LogP) is 0.543. The van der Waals surface area contributed by atoms with Crippen LogP contribution in [0.3, 0.4) is 0 Å². The highest BCUT2D eigenvalue weighted by Gasteiger charge is 2.10. The smallest absolute Gasteiger partial charge is 0.354 e. The molecule has 0 aliphatic heterocycles. The molecule has 0 spiro atoms. The van der Waals surface area contributed by atoms with Crippen LogP contribution in [-0.2, 0) is 28.7 Å². The van der Waals surface area contributed by atoms with E-state index in [0.29, 0.717) is 19.3 Å². The SMILES string of the molecule is C=C(NC(C)=O)C(=O)OCCCCCOC(=O)C(=C)NC(C)=O. The number of unbranched alkanes of at least 4 members (excludes halogenated alkanes) is 2. The summed E-state index contributed by atoms with van der Waals surface area (Å²) in [5, 5.41) is 4.47. The molecule has 8 heteroatoms. The molecule has 0 saturated heterocycles. The average molecular weight is 326 g/mol. The number of carbonyl (C=O) groups is 4. The summed E-state index contributed by atoms with van der Waals surface area (Å²) in [7, 11) is 0. The predicted molar refractivity (Wildman–Crippen MR) is 81.7 cm³/mol. The van der Waals surface area contributed by atoms with Crippen LogP contribution in [0.25, 0.3) is 0 Å². The minimum absolute atomic E-state index is 0.108. The molecule has 0 unspecified atom stereocenters. The van der Waals surface area contributed by atoms with Gasteiger partial charge in [0.2, 0.25) is 11.8 Å². The Hall–Kier alpha value is -2.64. The molecule has 0 rings (SSSR count). The van der Waals surface area contributed by atoms with Crippen LogP contribution >= 0.6 is 0 Å². The van der Waals surface area contributed by atoms with Crippen molar-refractivity contribution in [1.82, 2.24) is 10.6 Å². The Bertz CT molecular complexity index is 454. The third-order valence-electron chi connectivity index (χ3n) is 2.40. The lowest BCUT2D eigenvalue weighted by molar-refractivity contribution is -0.140. The fraction of sp³-hybridized carbons (Fsp3) is 0.467. The van der Waals surface area contributed by atoms with Crippen LogP contribution in [0, 0.1) is 0 Å². The van der Waals surface area contributed by atoms with Crippen LogP contribution in [0.4, 0.5) is 0 Å². The molecule has 0 atom stereocenters. The van der Waals surface area contributed by atoms with Gasteiger partial charge in [-0.15, -0.1) is 0 Å². The zero-order chi connectivity index (χ0) is 17.8. The Labute approximate surface area is 134 Å². The van der Waals surface area contributed by atoms with E-state index in [2.05, 4.69) is 23.8 Å². The van der Waals surface area contributed by atoms with Gasteiger partial charge >= 0.3 is 11.9 Å². The molecule has 0 aromatic heterocycles. The fourth-order valence-corrected chi connectivity index (χ4v) is 1.41. The second-order valence-corrected chi connectivity index (χ2v) is 4.65. The molecule has 128 valence electrons. The van der Waals surface area contributed by atoms with Crippen LogP contribution < -0.4 is 10.6 Å². The Morgan fingerprint density at radius 2 is 1.09 bits per heavy atom. The summed E-state index contributed by atoms with van der Waals surface area (Å²) in [6.07, 6.45) is 1.81. The number of esters is 2. The van der Waals surface area contributed by atoms with E-state index < -0.39 is 23.8 Å². The van der Waals surface area contributed by atoms with Gasteiger partial charge < -0.3 is 20.1 Å². The van der Waals surface area contributed by atoms with Crippen molar-refractivity contribution >= 4 is 23.8 Å². The van der Waals surface area contributed by atoms with E-state index in [4.69, 9.17) is 9.47 Å². The van der Waals surface area contributed by atoms with Crippen LogP contribution in [0.5, 0.6) is 0 Å². The summed E-state index contributed by atoms with van der Waals surface area (Å²) < 4.78 is 9.78. The maximum Gasteiger partial charge on any atom is 0.354 e. The molecular formula is C15H22N2O6. The molecule has 0 heterocycles. The van der Waals surface area contributed by atoms with E-state index in [9.17, 15) is 19.2 Å². The van der Waals surface area contributed by atoms with Crippen molar-refractivity contribution in [3.05, 3.63) is 24.6 Å². The molecule has 0 saturated carbocycles. The van der Waals surface area contributed by atoms with Crippen molar-refractivity contribution in [2.75, 3.05) is 13.2 Å². The van der Waals surface area contributed by atoms with Crippen molar-refractivity contribution in [3.8, 4) is 0 Å². The molecular weight excluding hydrogens is 304 g/mol.